The lowest BCUT2D eigenvalue weighted by atomic mass is 10.1. The van der Waals surface area contributed by atoms with E-state index >= 15 is 0 Å². The maximum absolute atomic E-state index is 12.8. The predicted octanol–water partition coefficient (Wildman–Crippen LogP) is 3.66. The number of rotatable bonds is 7. The van der Waals surface area contributed by atoms with Crippen LogP contribution in [0.15, 0.2) is 27.6 Å². The Balaban J connectivity index is 2.27. The molecule has 0 amide bonds. The van der Waals surface area contributed by atoms with Gasteiger partial charge in [0, 0.05) is 12.6 Å². The molecule has 1 aliphatic carbocycles. The van der Waals surface area contributed by atoms with E-state index < -0.39 is 10.0 Å². The van der Waals surface area contributed by atoms with Crippen LogP contribution in [0.25, 0.3) is 0 Å². The third-order valence-corrected chi connectivity index (χ3v) is 6.18. The van der Waals surface area contributed by atoms with Crippen LogP contribution in [0.2, 0.25) is 0 Å². The van der Waals surface area contributed by atoms with Gasteiger partial charge in [-0.3, -0.25) is 0 Å². The van der Waals surface area contributed by atoms with Gasteiger partial charge in [0.05, 0.1) is 16.5 Å². The normalized spacial score (nSPS) is 15.7. The van der Waals surface area contributed by atoms with Crippen LogP contribution in [-0.4, -0.2) is 32.4 Å². The van der Waals surface area contributed by atoms with E-state index in [1.165, 1.54) is 0 Å². The molecule has 1 aromatic rings. The Kier molecular flexibility index (Phi) is 5.33. The number of hydrogen-bond donors (Lipinski definition) is 0. The monoisotopic (exact) mass is 375 g/mol. The maximum Gasteiger partial charge on any atom is 0.243 e. The fourth-order valence-electron chi connectivity index (χ4n) is 2.19. The van der Waals surface area contributed by atoms with Crippen molar-refractivity contribution in [3.8, 4) is 5.75 Å². The zero-order valence-electron chi connectivity index (χ0n) is 12.7. The number of sulfonamides is 1. The summed E-state index contributed by atoms with van der Waals surface area (Å²) in [6.07, 6.45) is 2.82. The Hall–Kier alpha value is -0.590. The van der Waals surface area contributed by atoms with Crippen molar-refractivity contribution in [2.45, 2.75) is 44.0 Å². The highest BCUT2D eigenvalue weighted by atomic mass is 79.9. The van der Waals surface area contributed by atoms with Crippen LogP contribution in [0.1, 0.15) is 33.1 Å². The van der Waals surface area contributed by atoms with Crippen LogP contribution in [0.3, 0.4) is 0 Å². The average molecular weight is 376 g/mol. The molecule has 1 aromatic carbocycles. The molecule has 0 N–H and O–H groups in total. The quantitative estimate of drug-likeness (QED) is 0.730. The molecule has 0 radical (unpaired) electrons. The summed E-state index contributed by atoms with van der Waals surface area (Å²) in [6, 6.07) is 5.10. The van der Waals surface area contributed by atoms with Crippen molar-refractivity contribution in [2.75, 3.05) is 13.7 Å². The van der Waals surface area contributed by atoms with Crippen molar-refractivity contribution in [3.63, 3.8) is 0 Å². The van der Waals surface area contributed by atoms with E-state index in [0.717, 1.165) is 19.3 Å². The number of nitrogens with zero attached hydrogens (tertiary/aromatic N) is 1. The van der Waals surface area contributed by atoms with Gasteiger partial charge in [-0.15, -0.1) is 0 Å². The third-order valence-electron chi connectivity index (χ3n) is 3.61. The number of halogens is 1. The second-order valence-corrected chi connectivity index (χ2v) is 8.57. The van der Waals surface area contributed by atoms with E-state index in [0.29, 0.717) is 27.6 Å². The molecule has 0 aromatic heterocycles. The van der Waals surface area contributed by atoms with Crippen molar-refractivity contribution in [1.29, 1.82) is 0 Å². The lowest BCUT2D eigenvalue weighted by molar-refractivity contribution is 0.373. The van der Waals surface area contributed by atoms with Gasteiger partial charge in [-0.05, 0) is 59.3 Å². The van der Waals surface area contributed by atoms with Crippen molar-refractivity contribution in [1.82, 2.24) is 4.31 Å². The minimum atomic E-state index is -3.43. The first-order valence-corrected chi connectivity index (χ1v) is 9.45. The smallest absolute Gasteiger partial charge is 0.243 e. The summed E-state index contributed by atoms with van der Waals surface area (Å²) in [6.45, 7) is 4.82. The number of methoxy groups -OCH3 is 1. The van der Waals surface area contributed by atoms with E-state index in [4.69, 9.17) is 4.74 Å². The highest BCUT2D eigenvalue weighted by Crippen LogP contribution is 2.34. The molecule has 0 spiro atoms. The molecule has 0 bridgehead atoms. The highest BCUT2D eigenvalue weighted by Gasteiger charge is 2.37. The molecule has 1 aliphatic rings. The minimum absolute atomic E-state index is 0.176. The molecule has 1 fully saturated rings. The maximum atomic E-state index is 12.8. The first kappa shape index (κ1) is 16.8. The fraction of sp³-hybridized carbons (Fsp3) is 0.600. The van der Waals surface area contributed by atoms with Gasteiger partial charge in [0.2, 0.25) is 10.0 Å². The lowest BCUT2D eigenvalue weighted by Gasteiger charge is -2.23. The first-order chi connectivity index (χ1) is 9.86. The van der Waals surface area contributed by atoms with E-state index in [-0.39, 0.29) is 6.04 Å². The molecule has 21 heavy (non-hydrogen) atoms. The SMILES string of the molecule is COc1ccc(S(=O)(=O)N(CCC(C)C)C2CC2)cc1Br. The summed E-state index contributed by atoms with van der Waals surface area (Å²) >= 11 is 3.36. The highest BCUT2D eigenvalue weighted by molar-refractivity contribution is 9.10. The van der Waals surface area contributed by atoms with Gasteiger partial charge < -0.3 is 4.74 Å². The van der Waals surface area contributed by atoms with Crippen LogP contribution in [0, 0.1) is 5.92 Å². The van der Waals surface area contributed by atoms with Crippen molar-refractivity contribution < 1.29 is 13.2 Å². The summed E-state index contributed by atoms with van der Waals surface area (Å²) in [5.41, 5.74) is 0. The third kappa shape index (κ3) is 3.99. The van der Waals surface area contributed by atoms with E-state index in [1.54, 1.807) is 29.6 Å². The topological polar surface area (TPSA) is 46.6 Å². The molecule has 1 saturated carbocycles. The Morgan fingerprint density at radius 1 is 1.38 bits per heavy atom. The van der Waals surface area contributed by atoms with Crippen LogP contribution in [-0.2, 0) is 10.0 Å². The van der Waals surface area contributed by atoms with Gasteiger partial charge in [0.25, 0.3) is 0 Å². The van der Waals surface area contributed by atoms with E-state index in [1.807, 2.05) is 0 Å². The van der Waals surface area contributed by atoms with Crippen LogP contribution < -0.4 is 4.74 Å². The molecular weight excluding hydrogens is 354 g/mol. The molecule has 0 saturated heterocycles. The molecule has 0 atom stereocenters. The molecule has 2 rings (SSSR count). The summed E-state index contributed by atoms with van der Waals surface area (Å²) in [5.74, 6) is 1.12. The van der Waals surface area contributed by atoms with Gasteiger partial charge in [-0.1, -0.05) is 13.8 Å². The second-order valence-electron chi connectivity index (χ2n) is 5.83. The zero-order valence-corrected chi connectivity index (χ0v) is 15.1. The Labute approximate surface area is 135 Å². The Morgan fingerprint density at radius 2 is 2.05 bits per heavy atom. The molecule has 0 aliphatic heterocycles. The van der Waals surface area contributed by atoms with Crippen LogP contribution in [0.4, 0.5) is 0 Å². The van der Waals surface area contributed by atoms with Gasteiger partial charge in [-0.2, -0.15) is 4.31 Å². The number of benzene rings is 1. The summed E-state index contributed by atoms with van der Waals surface area (Å²) in [7, 11) is -1.87. The van der Waals surface area contributed by atoms with Crippen LogP contribution in [0.5, 0.6) is 5.75 Å². The van der Waals surface area contributed by atoms with Crippen LogP contribution >= 0.6 is 15.9 Å². The van der Waals surface area contributed by atoms with E-state index in [2.05, 4.69) is 29.8 Å². The Bertz CT molecular complexity index is 597. The zero-order chi connectivity index (χ0) is 15.6. The van der Waals surface area contributed by atoms with Gasteiger partial charge in [0.15, 0.2) is 0 Å². The summed E-state index contributed by atoms with van der Waals surface area (Å²) < 4.78 is 33.2. The summed E-state index contributed by atoms with van der Waals surface area (Å²) in [4.78, 5) is 0.325. The van der Waals surface area contributed by atoms with Gasteiger partial charge >= 0.3 is 0 Å². The number of ether oxygens (including phenoxy) is 1. The summed E-state index contributed by atoms with van der Waals surface area (Å²) in [5, 5.41) is 0. The fourth-order valence-corrected chi connectivity index (χ4v) is 4.61. The molecule has 4 nitrogen and oxygen atoms in total. The molecule has 118 valence electrons. The standard InChI is InChI=1S/C15H22BrNO3S/c1-11(2)8-9-17(12-4-5-12)21(18,19)13-6-7-15(20-3)14(16)10-13/h6-7,10-12H,4-5,8-9H2,1-3H3. The average Bonchev–Trinajstić information content (AvgIpc) is 3.22. The van der Waals surface area contributed by atoms with Gasteiger partial charge in [0.1, 0.15) is 5.75 Å². The lowest BCUT2D eigenvalue weighted by Crippen LogP contribution is -2.34. The van der Waals surface area contributed by atoms with Crippen molar-refractivity contribution in [2.24, 2.45) is 5.92 Å². The predicted molar refractivity (Wildman–Crippen MR) is 87.1 cm³/mol. The van der Waals surface area contributed by atoms with E-state index in [9.17, 15) is 8.42 Å². The van der Waals surface area contributed by atoms with Crippen molar-refractivity contribution >= 4 is 26.0 Å². The molecule has 0 unspecified atom stereocenters. The minimum Gasteiger partial charge on any atom is -0.496 e. The second kappa shape index (κ2) is 6.67. The molecule has 0 heterocycles. The number of hydrogen-bond acceptors (Lipinski definition) is 3. The molecular formula is C15H22BrNO3S. The molecule has 6 heteroatoms. The Morgan fingerprint density at radius 3 is 2.52 bits per heavy atom. The van der Waals surface area contributed by atoms with Crippen molar-refractivity contribution in [3.05, 3.63) is 22.7 Å². The largest absolute Gasteiger partial charge is 0.496 e. The van der Waals surface area contributed by atoms with Gasteiger partial charge in [-0.25, -0.2) is 8.42 Å². The first-order valence-electron chi connectivity index (χ1n) is 7.21.